The lowest BCUT2D eigenvalue weighted by atomic mass is 10.2. The lowest BCUT2D eigenvalue weighted by Crippen LogP contribution is -2.25. The van der Waals surface area contributed by atoms with Gasteiger partial charge in [-0.1, -0.05) is 6.92 Å². The summed E-state index contributed by atoms with van der Waals surface area (Å²) in [6.07, 6.45) is 4.10. The van der Waals surface area contributed by atoms with E-state index in [2.05, 4.69) is 43.2 Å². The van der Waals surface area contributed by atoms with Gasteiger partial charge >= 0.3 is 0 Å². The molecular weight excluding hydrogens is 210 g/mol. The minimum atomic E-state index is 0.952. The molecule has 0 amide bonds. The molecule has 1 rings (SSSR count). The fourth-order valence-corrected chi connectivity index (χ4v) is 2.46. The molecule has 1 N–H and O–H groups in total. The van der Waals surface area contributed by atoms with Gasteiger partial charge in [-0.25, -0.2) is 0 Å². The number of rotatable bonds is 10. The largest absolute Gasteiger partial charge is 0.319 e. The molecule has 0 aromatic heterocycles. The van der Waals surface area contributed by atoms with Gasteiger partial charge in [-0.3, -0.25) is 0 Å². The second-order valence-corrected chi connectivity index (χ2v) is 5.68. The molecule has 17 heavy (non-hydrogen) atoms. The Bertz CT molecular complexity index is 196. The summed E-state index contributed by atoms with van der Waals surface area (Å²) in [5, 5.41) is 3.28. The van der Waals surface area contributed by atoms with E-state index in [0.29, 0.717) is 0 Å². The summed E-state index contributed by atoms with van der Waals surface area (Å²) in [5.74, 6) is 1.92. The highest BCUT2D eigenvalue weighted by Crippen LogP contribution is 2.38. The molecule has 0 aromatic rings. The van der Waals surface area contributed by atoms with Crippen molar-refractivity contribution < 1.29 is 0 Å². The number of nitrogens with zero attached hydrogens (tertiary/aromatic N) is 2. The first-order valence-electron chi connectivity index (χ1n) is 7.19. The Morgan fingerprint density at radius 1 is 1.06 bits per heavy atom. The van der Waals surface area contributed by atoms with Crippen LogP contribution in [0.15, 0.2) is 0 Å². The van der Waals surface area contributed by atoms with Crippen molar-refractivity contribution in [2.75, 3.05) is 53.9 Å². The van der Waals surface area contributed by atoms with Crippen LogP contribution in [0.1, 0.15) is 26.2 Å². The zero-order chi connectivity index (χ0) is 12.7. The van der Waals surface area contributed by atoms with Crippen molar-refractivity contribution in [2.45, 2.75) is 26.2 Å². The number of hydrogen-bond acceptors (Lipinski definition) is 3. The van der Waals surface area contributed by atoms with Crippen LogP contribution in [0, 0.1) is 11.8 Å². The zero-order valence-corrected chi connectivity index (χ0v) is 12.2. The molecule has 2 unspecified atom stereocenters. The van der Waals surface area contributed by atoms with Crippen molar-refractivity contribution in [3.63, 3.8) is 0 Å². The van der Waals surface area contributed by atoms with Crippen LogP contribution >= 0.6 is 0 Å². The normalized spacial score (nSPS) is 23.6. The van der Waals surface area contributed by atoms with Crippen LogP contribution in [0.2, 0.25) is 0 Å². The fourth-order valence-electron chi connectivity index (χ4n) is 2.46. The van der Waals surface area contributed by atoms with Crippen molar-refractivity contribution in [3.8, 4) is 0 Å². The highest BCUT2D eigenvalue weighted by molar-refractivity contribution is 4.89. The van der Waals surface area contributed by atoms with Gasteiger partial charge < -0.3 is 15.1 Å². The van der Waals surface area contributed by atoms with Crippen LogP contribution in [0.4, 0.5) is 0 Å². The lowest BCUT2D eigenvalue weighted by molar-refractivity contribution is 0.288. The van der Waals surface area contributed by atoms with Gasteiger partial charge in [0, 0.05) is 6.54 Å². The smallest absolute Gasteiger partial charge is 0.000985 e. The van der Waals surface area contributed by atoms with E-state index in [1.165, 1.54) is 52.0 Å². The molecule has 0 bridgehead atoms. The molecule has 0 radical (unpaired) electrons. The third-order valence-electron chi connectivity index (χ3n) is 3.95. The Morgan fingerprint density at radius 3 is 2.29 bits per heavy atom. The van der Waals surface area contributed by atoms with Crippen LogP contribution in [-0.2, 0) is 0 Å². The van der Waals surface area contributed by atoms with E-state index < -0.39 is 0 Å². The van der Waals surface area contributed by atoms with E-state index in [-0.39, 0.29) is 0 Å². The average molecular weight is 241 g/mol. The molecule has 0 heterocycles. The molecule has 3 heteroatoms. The van der Waals surface area contributed by atoms with Gasteiger partial charge in [0.15, 0.2) is 0 Å². The molecule has 2 atom stereocenters. The topological polar surface area (TPSA) is 18.5 Å². The van der Waals surface area contributed by atoms with Gasteiger partial charge in [-0.2, -0.15) is 0 Å². The maximum atomic E-state index is 3.28. The van der Waals surface area contributed by atoms with E-state index in [4.69, 9.17) is 0 Å². The van der Waals surface area contributed by atoms with Gasteiger partial charge in [-0.05, 0) is 78.4 Å². The first-order chi connectivity index (χ1) is 8.17. The van der Waals surface area contributed by atoms with Crippen molar-refractivity contribution in [1.29, 1.82) is 0 Å². The lowest BCUT2D eigenvalue weighted by Gasteiger charge is -2.18. The molecule has 1 aliphatic carbocycles. The summed E-state index contributed by atoms with van der Waals surface area (Å²) >= 11 is 0. The van der Waals surface area contributed by atoms with Crippen LogP contribution in [0.3, 0.4) is 0 Å². The molecule has 1 fully saturated rings. The van der Waals surface area contributed by atoms with Gasteiger partial charge in [0.25, 0.3) is 0 Å². The first-order valence-corrected chi connectivity index (χ1v) is 7.19. The summed E-state index contributed by atoms with van der Waals surface area (Å²) in [6.45, 7) is 8.41. The molecule has 3 nitrogen and oxygen atoms in total. The van der Waals surface area contributed by atoms with Crippen LogP contribution in [0.5, 0.6) is 0 Å². The highest BCUT2D eigenvalue weighted by Gasteiger charge is 2.36. The summed E-state index contributed by atoms with van der Waals surface area (Å²) in [7, 11) is 6.54. The Balaban J connectivity index is 1.93. The number of unbranched alkanes of at least 4 members (excludes halogenated alkanes) is 1. The summed E-state index contributed by atoms with van der Waals surface area (Å²) in [4.78, 5) is 4.91. The van der Waals surface area contributed by atoms with E-state index in [1.807, 2.05) is 0 Å². The second-order valence-electron chi connectivity index (χ2n) is 5.68. The van der Waals surface area contributed by atoms with Crippen LogP contribution < -0.4 is 5.32 Å². The predicted molar refractivity (Wildman–Crippen MR) is 75.4 cm³/mol. The van der Waals surface area contributed by atoms with Gasteiger partial charge in [0.1, 0.15) is 0 Å². The molecule has 0 spiro atoms. The SMILES string of the molecule is CCN(C)CCCCN(C)CC1CC1CNC. The van der Waals surface area contributed by atoms with Crippen molar-refractivity contribution in [1.82, 2.24) is 15.1 Å². The van der Waals surface area contributed by atoms with Crippen molar-refractivity contribution >= 4 is 0 Å². The van der Waals surface area contributed by atoms with Gasteiger partial charge in [0.2, 0.25) is 0 Å². The summed E-state index contributed by atoms with van der Waals surface area (Å²) in [5.41, 5.74) is 0. The van der Waals surface area contributed by atoms with Crippen molar-refractivity contribution in [2.24, 2.45) is 11.8 Å². The molecule has 1 saturated carbocycles. The summed E-state index contributed by atoms with van der Waals surface area (Å²) < 4.78 is 0. The molecule has 102 valence electrons. The Hall–Kier alpha value is -0.120. The predicted octanol–water partition coefficient (Wildman–Crippen LogP) is 1.51. The Morgan fingerprint density at radius 2 is 1.71 bits per heavy atom. The molecule has 1 aliphatic rings. The Labute approximate surface area is 108 Å². The standard InChI is InChI=1S/C14H31N3/c1-5-16(3)8-6-7-9-17(4)12-14-10-13(14)11-15-2/h13-15H,5-12H2,1-4H3. The van der Waals surface area contributed by atoms with Crippen LogP contribution in [-0.4, -0.2) is 63.7 Å². The molecule has 0 saturated heterocycles. The average Bonchev–Trinajstić information content (AvgIpc) is 3.02. The number of nitrogens with one attached hydrogen (secondary N) is 1. The maximum absolute atomic E-state index is 3.28. The van der Waals surface area contributed by atoms with Crippen LogP contribution in [0.25, 0.3) is 0 Å². The quantitative estimate of drug-likeness (QED) is 0.585. The first kappa shape index (κ1) is 14.9. The monoisotopic (exact) mass is 241 g/mol. The minimum Gasteiger partial charge on any atom is -0.319 e. The number of hydrogen-bond donors (Lipinski definition) is 1. The van der Waals surface area contributed by atoms with E-state index in [0.717, 1.165) is 11.8 Å². The summed E-state index contributed by atoms with van der Waals surface area (Å²) in [6, 6.07) is 0. The van der Waals surface area contributed by atoms with Crippen molar-refractivity contribution in [3.05, 3.63) is 0 Å². The van der Waals surface area contributed by atoms with E-state index in [9.17, 15) is 0 Å². The minimum absolute atomic E-state index is 0.952. The maximum Gasteiger partial charge on any atom is 0.000985 e. The third-order valence-corrected chi connectivity index (χ3v) is 3.95. The van der Waals surface area contributed by atoms with Gasteiger partial charge in [-0.15, -0.1) is 0 Å². The van der Waals surface area contributed by atoms with E-state index in [1.54, 1.807) is 0 Å². The van der Waals surface area contributed by atoms with E-state index >= 15 is 0 Å². The zero-order valence-electron chi connectivity index (χ0n) is 12.2. The second kappa shape index (κ2) is 8.06. The fraction of sp³-hybridized carbons (Fsp3) is 1.00. The third kappa shape index (κ3) is 6.39. The molecule has 0 aliphatic heterocycles. The molecular formula is C14H31N3. The molecule has 0 aromatic carbocycles. The van der Waals surface area contributed by atoms with Gasteiger partial charge in [0.05, 0.1) is 0 Å². The highest BCUT2D eigenvalue weighted by atomic mass is 15.1. The Kier molecular flexibility index (Phi) is 7.09.